The van der Waals surface area contributed by atoms with Crippen molar-refractivity contribution in [3.05, 3.63) is 35.4 Å². The third-order valence-electron chi connectivity index (χ3n) is 2.34. The van der Waals surface area contributed by atoms with E-state index in [0.29, 0.717) is 5.56 Å². The molecule has 0 spiro atoms. The lowest BCUT2D eigenvalue weighted by Crippen LogP contribution is -2.03. The molecule has 1 fully saturated rings. The molecule has 2 heteroatoms. The van der Waals surface area contributed by atoms with Gasteiger partial charge in [-0.3, -0.25) is 0 Å². The minimum atomic E-state index is -0.634. The Labute approximate surface area is 70.8 Å². The SMILES string of the molecule is OC1(c2cccc(CF)c2)CC1. The fraction of sp³-hybridized carbons (Fsp3) is 0.400. The molecule has 2 rings (SSSR count). The van der Waals surface area contributed by atoms with E-state index >= 15 is 0 Å². The van der Waals surface area contributed by atoms with Crippen molar-refractivity contribution in [2.24, 2.45) is 0 Å². The molecular formula is C10H11FO. The zero-order chi connectivity index (χ0) is 8.60. The van der Waals surface area contributed by atoms with Crippen LogP contribution in [0.3, 0.4) is 0 Å². The lowest BCUT2D eigenvalue weighted by atomic mass is 10.1. The zero-order valence-electron chi connectivity index (χ0n) is 6.76. The van der Waals surface area contributed by atoms with Gasteiger partial charge in [-0.1, -0.05) is 24.3 Å². The number of aliphatic hydroxyl groups is 1. The molecule has 64 valence electrons. The van der Waals surface area contributed by atoms with Gasteiger partial charge in [0.2, 0.25) is 0 Å². The molecule has 1 aliphatic rings. The van der Waals surface area contributed by atoms with Crippen LogP contribution in [0.5, 0.6) is 0 Å². The molecule has 0 bridgehead atoms. The van der Waals surface area contributed by atoms with Crippen LogP contribution in [-0.2, 0) is 12.3 Å². The molecule has 1 aromatic rings. The average molecular weight is 166 g/mol. The minimum absolute atomic E-state index is 0.454. The summed E-state index contributed by atoms with van der Waals surface area (Å²) in [7, 11) is 0. The summed E-state index contributed by atoms with van der Waals surface area (Å²) in [6.07, 6.45) is 1.62. The predicted octanol–water partition coefficient (Wildman–Crippen LogP) is 2.14. The highest BCUT2D eigenvalue weighted by Crippen LogP contribution is 2.45. The van der Waals surface area contributed by atoms with Crippen molar-refractivity contribution in [2.45, 2.75) is 25.1 Å². The van der Waals surface area contributed by atoms with Crippen LogP contribution in [0.1, 0.15) is 24.0 Å². The van der Waals surface area contributed by atoms with Gasteiger partial charge in [0.05, 0.1) is 5.60 Å². The highest BCUT2D eigenvalue weighted by atomic mass is 19.1. The minimum Gasteiger partial charge on any atom is -0.385 e. The summed E-state index contributed by atoms with van der Waals surface area (Å²) in [6.45, 7) is -0.454. The molecule has 1 N–H and O–H groups in total. The second-order valence-corrected chi connectivity index (χ2v) is 3.37. The van der Waals surface area contributed by atoms with E-state index in [4.69, 9.17) is 0 Å². The highest BCUT2D eigenvalue weighted by Gasteiger charge is 2.41. The fourth-order valence-corrected chi connectivity index (χ4v) is 1.35. The van der Waals surface area contributed by atoms with Crippen LogP contribution >= 0.6 is 0 Å². The Balaban J connectivity index is 2.32. The number of benzene rings is 1. The third-order valence-corrected chi connectivity index (χ3v) is 2.34. The number of rotatable bonds is 2. The molecular weight excluding hydrogens is 155 g/mol. The molecule has 0 amide bonds. The van der Waals surface area contributed by atoms with Gasteiger partial charge in [0.25, 0.3) is 0 Å². The van der Waals surface area contributed by atoms with Crippen LogP contribution in [0, 0.1) is 0 Å². The van der Waals surface area contributed by atoms with Crippen molar-refractivity contribution in [1.29, 1.82) is 0 Å². The largest absolute Gasteiger partial charge is 0.385 e. The van der Waals surface area contributed by atoms with Gasteiger partial charge in [0.1, 0.15) is 6.67 Å². The maximum atomic E-state index is 12.2. The molecule has 1 aliphatic carbocycles. The van der Waals surface area contributed by atoms with E-state index in [2.05, 4.69) is 0 Å². The van der Waals surface area contributed by atoms with E-state index < -0.39 is 12.3 Å². The summed E-state index contributed by atoms with van der Waals surface area (Å²) in [5.74, 6) is 0. The van der Waals surface area contributed by atoms with Crippen LogP contribution in [0.15, 0.2) is 24.3 Å². The van der Waals surface area contributed by atoms with Crippen LogP contribution in [0.2, 0.25) is 0 Å². The fourth-order valence-electron chi connectivity index (χ4n) is 1.35. The van der Waals surface area contributed by atoms with Gasteiger partial charge in [-0.05, 0) is 24.0 Å². The number of halogens is 1. The normalized spacial score (nSPS) is 19.2. The highest BCUT2D eigenvalue weighted by molar-refractivity contribution is 5.31. The summed E-state index contributed by atoms with van der Waals surface area (Å²) >= 11 is 0. The van der Waals surface area contributed by atoms with Gasteiger partial charge in [-0.15, -0.1) is 0 Å². The second kappa shape index (κ2) is 2.56. The van der Waals surface area contributed by atoms with Crippen molar-refractivity contribution in [1.82, 2.24) is 0 Å². The Kier molecular flexibility index (Phi) is 1.65. The Morgan fingerprint density at radius 2 is 2.17 bits per heavy atom. The summed E-state index contributed by atoms with van der Waals surface area (Å²) < 4.78 is 12.2. The second-order valence-electron chi connectivity index (χ2n) is 3.37. The summed E-state index contributed by atoms with van der Waals surface area (Å²) in [6, 6.07) is 7.12. The molecule has 1 aromatic carbocycles. The summed E-state index contributed by atoms with van der Waals surface area (Å²) in [5, 5.41) is 9.70. The third kappa shape index (κ3) is 1.23. The molecule has 0 heterocycles. The van der Waals surface area contributed by atoms with Crippen LogP contribution in [0.25, 0.3) is 0 Å². The quantitative estimate of drug-likeness (QED) is 0.713. The van der Waals surface area contributed by atoms with Crippen molar-refractivity contribution in [2.75, 3.05) is 0 Å². The van der Waals surface area contributed by atoms with Crippen LogP contribution in [-0.4, -0.2) is 5.11 Å². The van der Waals surface area contributed by atoms with Gasteiger partial charge in [0, 0.05) is 0 Å². The predicted molar refractivity (Wildman–Crippen MR) is 44.4 cm³/mol. The summed E-state index contributed by atoms with van der Waals surface area (Å²) in [4.78, 5) is 0. The van der Waals surface area contributed by atoms with Crippen LogP contribution in [0.4, 0.5) is 4.39 Å². The zero-order valence-corrected chi connectivity index (χ0v) is 6.76. The van der Waals surface area contributed by atoms with Crippen molar-refractivity contribution in [3.63, 3.8) is 0 Å². The summed E-state index contributed by atoms with van der Waals surface area (Å²) in [5.41, 5.74) is 0.871. The molecule has 0 atom stereocenters. The molecule has 0 radical (unpaired) electrons. The number of hydrogen-bond donors (Lipinski definition) is 1. The smallest absolute Gasteiger partial charge is 0.115 e. The van der Waals surface area contributed by atoms with Crippen LogP contribution < -0.4 is 0 Å². The lowest BCUT2D eigenvalue weighted by Gasteiger charge is -2.08. The molecule has 1 saturated carbocycles. The van der Waals surface area contributed by atoms with Gasteiger partial charge in [0.15, 0.2) is 0 Å². The van der Waals surface area contributed by atoms with E-state index in [1.807, 2.05) is 6.07 Å². The van der Waals surface area contributed by atoms with Gasteiger partial charge in [-0.25, -0.2) is 4.39 Å². The Morgan fingerprint density at radius 3 is 2.75 bits per heavy atom. The van der Waals surface area contributed by atoms with Gasteiger partial charge >= 0.3 is 0 Å². The molecule has 0 unspecified atom stereocenters. The maximum absolute atomic E-state index is 12.2. The number of hydrogen-bond acceptors (Lipinski definition) is 1. The first kappa shape index (κ1) is 7.74. The topological polar surface area (TPSA) is 20.2 Å². The van der Waals surface area contributed by atoms with Gasteiger partial charge < -0.3 is 5.11 Å². The Morgan fingerprint density at radius 1 is 1.42 bits per heavy atom. The monoisotopic (exact) mass is 166 g/mol. The maximum Gasteiger partial charge on any atom is 0.115 e. The van der Waals surface area contributed by atoms with E-state index in [0.717, 1.165) is 18.4 Å². The molecule has 0 aromatic heterocycles. The standard InChI is InChI=1S/C10H11FO/c11-7-8-2-1-3-9(6-8)10(12)4-5-10/h1-3,6,12H,4-5,7H2. The molecule has 1 nitrogen and oxygen atoms in total. The van der Waals surface area contributed by atoms with E-state index in [-0.39, 0.29) is 0 Å². The average Bonchev–Trinajstić information content (AvgIpc) is 2.85. The van der Waals surface area contributed by atoms with E-state index in [9.17, 15) is 9.50 Å². The molecule has 0 saturated heterocycles. The van der Waals surface area contributed by atoms with E-state index in [1.54, 1.807) is 18.2 Å². The Hall–Kier alpha value is -0.890. The first-order chi connectivity index (χ1) is 5.74. The van der Waals surface area contributed by atoms with E-state index in [1.165, 1.54) is 0 Å². The van der Waals surface area contributed by atoms with Crippen molar-refractivity contribution >= 4 is 0 Å². The molecule has 12 heavy (non-hydrogen) atoms. The van der Waals surface area contributed by atoms with Gasteiger partial charge in [-0.2, -0.15) is 0 Å². The lowest BCUT2D eigenvalue weighted by molar-refractivity contribution is 0.151. The molecule has 0 aliphatic heterocycles. The number of alkyl halides is 1. The first-order valence-electron chi connectivity index (χ1n) is 4.12. The van der Waals surface area contributed by atoms with Crippen molar-refractivity contribution in [3.8, 4) is 0 Å². The Bertz CT molecular complexity index is 292. The first-order valence-corrected chi connectivity index (χ1v) is 4.12. The van der Waals surface area contributed by atoms with Crippen molar-refractivity contribution < 1.29 is 9.50 Å².